The lowest BCUT2D eigenvalue weighted by Crippen LogP contribution is -2.44. The summed E-state index contributed by atoms with van der Waals surface area (Å²) in [4.78, 5) is 12.0. The van der Waals surface area contributed by atoms with Crippen LogP contribution in [-0.2, 0) is 9.53 Å². The van der Waals surface area contributed by atoms with Gasteiger partial charge in [0.2, 0.25) is 5.91 Å². The van der Waals surface area contributed by atoms with Crippen LogP contribution in [0.25, 0.3) is 0 Å². The second-order valence-corrected chi connectivity index (χ2v) is 5.18. The zero-order valence-corrected chi connectivity index (χ0v) is 11.2. The molecule has 0 spiro atoms. The van der Waals surface area contributed by atoms with Gasteiger partial charge in [-0.2, -0.15) is 0 Å². The van der Waals surface area contributed by atoms with Crippen molar-refractivity contribution < 1.29 is 14.6 Å². The fourth-order valence-corrected chi connectivity index (χ4v) is 2.39. The molecule has 4 heteroatoms. The van der Waals surface area contributed by atoms with E-state index < -0.39 is 5.60 Å². The fourth-order valence-electron chi connectivity index (χ4n) is 2.39. The monoisotopic (exact) mass is 243 g/mol. The molecule has 0 aromatic rings. The highest BCUT2D eigenvalue weighted by molar-refractivity contribution is 5.79. The van der Waals surface area contributed by atoms with E-state index in [4.69, 9.17) is 4.74 Å². The van der Waals surface area contributed by atoms with Crippen LogP contribution in [0.1, 0.15) is 46.5 Å². The molecule has 0 aromatic heterocycles. The topological polar surface area (TPSA) is 58.6 Å². The van der Waals surface area contributed by atoms with Gasteiger partial charge in [-0.1, -0.05) is 20.3 Å². The SMILES string of the molecule is CCCC(C)(O)CNC(=O)C1CCOC1CC. The van der Waals surface area contributed by atoms with Crippen LogP contribution in [0.4, 0.5) is 0 Å². The number of carbonyl (C=O) groups is 1. The summed E-state index contributed by atoms with van der Waals surface area (Å²) >= 11 is 0. The molecule has 1 aliphatic heterocycles. The van der Waals surface area contributed by atoms with E-state index in [0.717, 1.165) is 19.3 Å². The molecule has 0 bridgehead atoms. The first kappa shape index (κ1) is 14.5. The van der Waals surface area contributed by atoms with Crippen molar-refractivity contribution in [1.29, 1.82) is 0 Å². The predicted octanol–water partition coefficient (Wildman–Crippen LogP) is 1.47. The van der Waals surface area contributed by atoms with Crippen LogP contribution in [0.2, 0.25) is 0 Å². The van der Waals surface area contributed by atoms with Crippen molar-refractivity contribution in [2.24, 2.45) is 5.92 Å². The average Bonchev–Trinajstić information content (AvgIpc) is 2.74. The lowest BCUT2D eigenvalue weighted by Gasteiger charge is -2.24. The predicted molar refractivity (Wildman–Crippen MR) is 66.7 cm³/mol. The Morgan fingerprint density at radius 3 is 2.82 bits per heavy atom. The molecule has 1 rings (SSSR count). The van der Waals surface area contributed by atoms with E-state index in [-0.39, 0.29) is 17.9 Å². The van der Waals surface area contributed by atoms with Crippen molar-refractivity contribution >= 4 is 5.91 Å². The maximum absolute atomic E-state index is 12.0. The molecule has 0 radical (unpaired) electrons. The van der Waals surface area contributed by atoms with Crippen molar-refractivity contribution in [2.75, 3.05) is 13.2 Å². The Morgan fingerprint density at radius 1 is 1.53 bits per heavy atom. The Hall–Kier alpha value is -0.610. The number of nitrogens with one attached hydrogen (secondary N) is 1. The Kier molecular flexibility index (Phi) is 5.40. The Labute approximate surface area is 104 Å². The van der Waals surface area contributed by atoms with Gasteiger partial charge >= 0.3 is 0 Å². The lowest BCUT2D eigenvalue weighted by atomic mass is 9.97. The van der Waals surface area contributed by atoms with Gasteiger partial charge in [-0.15, -0.1) is 0 Å². The van der Waals surface area contributed by atoms with Crippen molar-refractivity contribution in [3.05, 3.63) is 0 Å². The zero-order chi connectivity index (χ0) is 12.9. The minimum Gasteiger partial charge on any atom is -0.388 e. The second kappa shape index (κ2) is 6.36. The van der Waals surface area contributed by atoms with Crippen LogP contribution in [-0.4, -0.2) is 35.9 Å². The van der Waals surface area contributed by atoms with E-state index in [1.807, 2.05) is 13.8 Å². The second-order valence-electron chi connectivity index (χ2n) is 5.18. The number of amides is 1. The van der Waals surface area contributed by atoms with Crippen LogP contribution < -0.4 is 5.32 Å². The molecule has 100 valence electrons. The van der Waals surface area contributed by atoms with Crippen LogP contribution in [0.3, 0.4) is 0 Å². The van der Waals surface area contributed by atoms with E-state index in [0.29, 0.717) is 19.6 Å². The zero-order valence-electron chi connectivity index (χ0n) is 11.2. The Balaban J connectivity index is 2.39. The number of carbonyl (C=O) groups excluding carboxylic acids is 1. The van der Waals surface area contributed by atoms with Crippen molar-refractivity contribution in [3.8, 4) is 0 Å². The summed E-state index contributed by atoms with van der Waals surface area (Å²) in [6.45, 7) is 6.81. The summed E-state index contributed by atoms with van der Waals surface area (Å²) in [5, 5.41) is 12.8. The largest absolute Gasteiger partial charge is 0.388 e. The third-order valence-corrected chi connectivity index (χ3v) is 3.38. The molecule has 17 heavy (non-hydrogen) atoms. The molecule has 1 saturated heterocycles. The maximum Gasteiger partial charge on any atom is 0.225 e. The van der Waals surface area contributed by atoms with Gasteiger partial charge in [-0.25, -0.2) is 0 Å². The molecule has 0 aliphatic carbocycles. The van der Waals surface area contributed by atoms with Crippen LogP contribution >= 0.6 is 0 Å². The number of ether oxygens (including phenoxy) is 1. The molecule has 0 aromatic carbocycles. The fraction of sp³-hybridized carbons (Fsp3) is 0.923. The van der Waals surface area contributed by atoms with Gasteiger partial charge in [0.25, 0.3) is 0 Å². The van der Waals surface area contributed by atoms with Gasteiger partial charge in [0.05, 0.1) is 17.6 Å². The molecule has 1 heterocycles. The van der Waals surface area contributed by atoms with Crippen molar-refractivity contribution in [1.82, 2.24) is 5.32 Å². The molecule has 0 saturated carbocycles. The van der Waals surface area contributed by atoms with Gasteiger partial charge in [-0.3, -0.25) is 4.79 Å². The Bertz CT molecular complexity index is 253. The smallest absolute Gasteiger partial charge is 0.225 e. The first-order chi connectivity index (χ1) is 8.00. The summed E-state index contributed by atoms with van der Waals surface area (Å²) in [5.41, 5.74) is -0.800. The molecular formula is C13H25NO3. The minimum absolute atomic E-state index is 0.0192. The summed E-state index contributed by atoms with van der Waals surface area (Å²) in [6.07, 6.45) is 3.31. The van der Waals surface area contributed by atoms with Crippen molar-refractivity contribution in [3.63, 3.8) is 0 Å². The molecule has 1 fully saturated rings. The number of hydrogen-bond acceptors (Lipinski definition) is 3. The molecule has 2 N–H and O–H groups in total. The first-order valence-corrected chi connectivity index (χ1v) is 6.62. The lowest BCUT2D eigenvalue weighted by molar-refractivity contribution is -0.127. The van der Waals surface area contributed by atoms with Gasteiger partial charge in [-0.05, 0) is 26.2 Å². The highest BCUT2D eigenvalue weighted by Crippen LogP contribution is 2.23. The van der Waals surface area contributed by atoms with E-state index in [2.05, 4.69) is 5.32 Å². The van der Waals surface area contributed by atoms with Crippen LogP contribution in [0.5, 0.6) is 0 Å². The van der Waals surface area contributed by atoms with E-state index in [1.165, 1.54) is 0 Å². The van der Waals surface area contributed by atoms with Gasteiger partial charge in [0.15, 0.2) is 0 Å². The summed E-state index contributed by atoms with van der Waals surface area (Å²) in [6, 6.07) is 0. The molecule has 3 unspecified atom stereocenters. The molecular weight excluding hydrogens is 218 g/mol. The van der Waals surface area contributed by atoms with Crippen molar-refractivity contribution in [2.45, 2.75) is 58.2 Å². The van der Waals surface area contributed by atoms with Gasteiger partial charge in [0, 0.05) is 13.2 Å². The summed E-state index contributed by atoms with van der Waals surface area (Å²) in [5.74, 6) is -0.0249. The average molecular weight is 243 g/mol. The molecule has 3 atom stereocenters. The number of rotatable bonds is 6. The highest BCUT2D eigenvalue weighted by atomic mass is 16.5. The molecule has 1 aliphatic rings. The minimum atomic E-state index is -0.800. The van der Waals surface area contributed by atoms with E-state index in [1.54, 1.807) is 6.92 Å². The number of hydrogen-bond donors (Lipinski definition) is 2. The maximum atomic E-state index is 12.0. The van der Waals surface area contributed by atoms with E-state index in [9.17, 15) is 9.90 Å². The normalized spacial score (nSPS) is 27.8. The Morgan fingerprint density at radius 2 is 2.24 bits per heavy atom. The standard InChI is InChI=1S/C13H25NO3/c1-4-7-13(3,16)9-14-12(15)10-6-8-17-11(10)5-2/h10-11,16H,4-9H2,1-3H3,(H,14,15). The van der Waals surface area contributed by atoms with E-state index >= 15 is 0 Å². The van der Waals surface area contributed by atoms with Crippen LogP contribution in [0.15, 0.2) is 0 Å². The van der Waals surface area contributed by atoms with Gasteiger partial charge < -0.3 is 15.2 Å². The van der Waals surface area contributed by atoms with Crippen LogP contribution in [0, 0.1) is 5.92 Å². The van der Waals surface area contributed by atoms with Gasteiger partial charge in [0.1, 0.15) is 0 Å². The molecule has 1 amide bonds. The highest BCUT2D eigenvalue weighted by Gasteiger charge is 2.33. The quantitative estimate of drug-likeness (QED) is 0.742. The third-order valence-electron chi connectivity index (χ3n) is 3.38. The number of aliphatic hydroxyl groups is 1. The first-order valence-electron chi connectivity index (χ1n) is 6.62. The molecule has 4 nitrogen and oxygen atoms in total. The third kappa shape index (κ3) is 4.28. The summed E-state index contributed by atoms with van der Waals surface area (Å²) < 4.78 is 5.49. The summed E-state index contributed by atoms with van der Waals surface area (Å²) in [7, 11) is 0.